The van der Waals surface area contributed by atoms with E-state index in [2.05, 4.69) is 31.6 Å². The molecule has 0 bridgehead atoms. The van der Waals surface area contributed by atoms with Crippen LogP contribution in [0.4, 0.5) is 0 Å². The first-order valence-corrected chi connectivity index (χ1v) is 2.81. The van der Waals surface area contributed by atoms with Crippen LogP contribution in [-0.4, -0.2) is 17.7 Å². The summed E-state index contributed by atoms with van der Waals surface area (Å²) >= 11 is 2.28. The molecule has 0 unspecified atom stereocenters. The summed E-state index contributed by atoms with van der Waals surface area (Å²) in [7, 11) is 0. The fourth-order valence-electron chi connectivity index (χ4n) is 0.289. The molecule has 0 saturated carbocycles. The van der Waals surface area contributed by atoms with Gasteiger partial charge in [-0.3, -0.25) is 0 Å². The molecule has 0 nitrogen and oxygen atoms in total. The summed E-state index contributed by atoms with van der Waals surface area (Å²) in [6.07, 6.45) is 2.66. The molecule has 0 N–H and O–H groups in total. The average Bonchev–Trinajstić information content (AvgIpc) is 1.65. The van der Waals surface area contributed by atoms with Crippen LogP contribution in [0.15, 0.2) is 0 Å². The van der Waals surface area contributed by atoms with Crippen molar-refractivity contribution in [2.45, 2.75) is 31.3 Å². The van der Waals surface area contributed by atoms with E-state index in [1.165, 1.54) is 12.8 Å². The van der Waals surface area contributed by atoms with Gasteiger partial charge in [0, 0.05) is 0 Å². The predicted molar refractivity (Wildman–Crippen MR) is 30.1 cm³/mol. The Balaban J connectivity index is 2.75. The van der Waals surface area contributed by atoms with Crippen LogP contribution < -0.4 is 0 Å². The Kier molecular flexibility index (Phi) is 4.15. The summed E-state index contributed by atoms with van der Waals surface area (Å²) in [4.78, 5) is 0. The maximum absolute atomic E-state index is 2.28. The average molecular weight is 78.1 g/mol. The second kappa shape index (κ2) is 3.78. The van der Waals surface area contributed by atoms with Gasteiger partial charge < -0.3 is 0 Å². The molecule has 0 saturated heterocycles. The van der Waals surface area contributed by atoms with Gasteiger partial charge in [0.2, 0.25) is 0 Å². The van der Waals surface area contributed by atoms with Crippen molar-refractivity contribution >= 4 is 17.7 Å². The van der Waals surface area contributed by atoms with Crippen molar-refractivity contribution < 1.29 is 0 Å². The van der Waals surface area contributed by atoms with Crippen molar-refractivity contribution in [3.8, 4) is 0 Å². The third kappa shape index (κ3) is 2.81. The molecule has 0 amide bonds. The minimum absolute atomic E-state index is 0.935. The van der Waals surface area contributed by atoms with E-state index in [-0.39, 0.29) is 0 Å². The Morgan fingerprint density at radius 3 is 1.67 bits per heavy atom. The van der Waals surface area contributed by atoms with Gasteiger partial charge in [-0.15, -0.1) is 0 Å². The Morgan fingerprint density at radius 1 is 1.33 bits per heavy atom. The van der Waals surface area contributed by atoms with E-state index in [1.54, 1.807) is 0 Å². The topological polar surface area (TPSA) is 0 Å². The molecular weight excluding hydrogens is 67.0 g/mol. The van der Waals surface area contributed by atoms with Crippen molar-refractivity contribution in [2.24, 2.45) is 0 Å². The summed E-state index contributed by atoms with van der Waals surface area (Å²) in [5.74, 6) is 0. The van der Waals surface area contributed by atoms with E-state index >= 15 is 0 Å². The molecule has 0 aromatic heterocycles. The van der Waals surface area contributed by atoms with E-state index in [9.17, 15) is 0 Å². The van der Waals surface area contributed by atoms with Crippen LogP contribution in [-0.2, 0) is 0 Å². The van der Waals surface area contributed by atoms with Crippen LogP contribution in [0.1, 0.15) is 26.7 Å². The summed E-state index contributed by atoms with van der Waals surface area (Å²) in [6.45, 7) is 4.46. The van der Waals surface area contributed by atoms with E-state index in [0.29, 0.717) is 0 Å². The van der Waals surface area contributed by atoms with E-state index < -0.39 is 0 Å². The molecule has 0 radical (unpaired) electrons. The van der Waals surface area contributed by atoms with Crippen molar-refractivity contribution in [1.29, 1.82) is 0 Å². The molecule has 0 aliphatic rings. The van der Waals surface area contributed by atoms with Gasteiger partial charge >= 0.3 is 49.0 Å². The van der Waals surface area contributed by atoms with Crippen molar-refractivity contribution in [1.82, 2.24) is 0 Å². The molecule has 1 heteroatoms. The fraction of sp³-hybridized carbons (Fsp3) is 1.00. The van der Waals surface area contributed by atoms with Gasteiger partial charge in [0.05, 0.1) is 0 Å². The van der Waals surface area contributed by atoms with Gasteiger partial charge in [0.15, 0.2) is 0 Å². The molecule has 0 spiro atoms. The van der Waals surface area contributed by atoms with Crippen LogP contribution in [0, 0.1) is 0 Å². The summed E-state index contributed by atoms with van der Waals surface area (Å²) in [5.41, 5.74) is 0. The Hall–Kier alpha value is 0.597. The first-order chi connectivity index (χ1) is 2.81. The SMILES string of the molecule is [Li][CH](CC)CC. The van der Waals surface area contributed by atoms with Gasteiger partial charge in [0.25, 0.3) is 0 Å². The molecule has 0 heterocycles. The third-order valence-corrected chi connectivity index (χ3v) is 1.39. The van der Waals surface area contributed by atoms with Crippen LogP contribution in [0.2, 0.25) is 4.59 Å². The first-order valence-electron chi connectivity index (χ1n) is 2.81. The standard InChI is InChI=1S/C5H11.Li/c1-3-5-4-2;/h5H,3-4H2,1-2H3;. The van der Waals surface area contributed by atoms with Crippen molar-refractivity contribution in [2.75, 3.05) is 0 Å². The molecule has 0 aromatic carbocycles. The second-order valence-electron chi connectivity index (χ2n) is 1.92. The van der Waals surface area contributed by atoms with Crippen molar-refractivity contribution in [3.63, 3.8) is 0 Å². The second-order valence-corrected chi connectivity index (χ2v) is 1.92. The van der Waals surface area contributed by atoms with Gasteiger partial charge in [-0.2, -0.15) is 0 Å². The van der Waals surface area contributed by atoms with E-state index in [1.807, 2.05) is 0 Å². The van der Waals surface area contributed by atoms with Gasteiger partial charge in [0.1, 0.15) is 0 Å². The molecule has 32 valence electrons. The molecule has 0 fully saturated rings. The van der Waals surface area contributed by atoms with E-state index in [0.717, 1.165) is 4.59 Å². The predicted octanol–water partition coefficient (Wildman–Crippen LogP) is 1.76. The van der Waals surface area contributed by atoms with Gasteiger partial charge in [-0.1, -0.05) is 0 Å². The van der Waals surface area contributed by atoms with Crippen molar-refractivity contribution in [3.05, 3.63) is 0 Å². The Bertz CT molecular complexity index is 23.1. The molecule has 0 aliphatic heterocycles. The number of rotatable bonds is 2. The molecule has 0 rings (SSSR count). The van der Waals surface area contributed by atoms with Crippen LogP contribution >= 0.6 is 0 Å². The molecule has 0 atom stereocenters. The molecule has 0 aliphatic carbocycles. The minimum atomic E-state index is 0.935. The maximum atomic E-state index is 2.28. The Morgan fingerprint density at radius 2 is 1.67 bits per heavy atom. The zero-order chi connectivity index (χ0) is 4.99. The summed E-state index contributed by atoms with van der Waals surface area (Å²) in [6, 6.07) is 0. The van der Waals surface area contributed by atoms with Crippen LogP contribution in [0.25, 0.3) is 0 Å². The summed E-state index contributed by atoms with van der Waals surface area (Å²) in [5, 5.41) is 0. The van der Waals surface area contributed by atoms with Gasteiger partial charge in [-0.05, 0) is 0 Å². The first kappa shape index (κ1) is 6.60. The fourth-order valence-corrected chi connectivity index (χ4v) is 0.289. The van der Waals surface area contributed by atoms with Crippen LogP contribution in [0.5, 0.6) is 0 Å². The van der Waals surface area contributed by atoms with Crippen LogP contribution in [0.3, 0.4) is 0 Å². The number of hydrogen-bond acceptors (Lipinski definition) is 0. The van der Waals surface area contributed by atoms with E-state index in [4.69, 9.17) is 0 Å². The zero-order valence-electron chi connectivity index (χ0n) is 4.99. The molecule has 6 heavy (non-hydrogen) atoms. The zero-order valence-corrected chi connectivity index (χ0v) is 4.99. The quantitative estimate of drug-likeness (QED) is 0.441. The third-order valence-electron chi connectivity index (χ3n) is 1.39. The monoisotopic (exact) mass is 78.1 g/mol. The summed E-state index contributed by atoms with van der Waals surface area (Å²) < 4.78 is 0.935. The molecular formula is C5H11Li. The normalized spacial score (nSPS) is 10.2. The van der Waals surface area contributed by atoms with Gasteiger partial charge in [-0.25, -0.2) is 0 Å². The molecule has 0 aromatic rings. The Labute approximate surface area is 49.5 Å². The number of hydrogen-bond donors (Lipinski definition) is 0.